The lowest BCUT2D eigenvalue weighted by Crippen LogP contribution is -3.12. The van der Waals surface area contributed by atoms with Crippen LogP contribution in [0.15, 0.2) is 24.3 Å². The van der Waals surface area contributed by atoms with Gasteiger partial charge in [-0.1, -0.05) is 38.8 Å². The van der Waals surface area contributed by atoms with Gasteiger partial charge in [0.25, 0.3) is 11.8 Å². The summed E-state index contributed by atoms with van der Waals surface area (Å²) in [6.07, 6.45) is 3.55. The van der Waals surface area contributed by atoms with E-state index in [-0.39, 0.29) is 17.9 Å². The van der Waals surface area contributed by atoms with Crippen LogP contribution in [0.5, 0.6) is 0 Å². The highest BCUT2D eigenvalue weighted by molar-refractivity contribution is 5.93. The number of hydrogen-bond donors (Lipinski definition) is 3. The third-order valence-electron chi connectivity index (χ3n) is 6.09. The van der Waals surface area contributed by atoms with Crippen LogP contribution in [0.2, 0.25) is 0 Å². The van der Waals surface area contributed by atoms with Crippen molar-refractivity contribution in [1.82, 2.24) is 10.6 Å². The van der Waals surface area contributed by atoms with Gasteiger partial charge in [-0.3, -0.25) is 9.59 Å². The van der Waals surface area contributed by atoms with Gasteiger partial charge in [0.2, 0.25) is 0 Å². The van der Waals surface area contributed by atoms with E-state index in [1.165, 1.54) is 12.8 Å². The Balaban J connectivity index is 1.90. The van der Waals surface area contributed by atoms with Crippen molar-refractivity contribution in [3.05, 3.63) is 35.4 Å². The molecule has 1 aliphatic rings. The quantitative estimate of drug-likeness (QED) is 0.718. The van der Waals surface area contributed by atoms with Gasteiger partial charge in [0.1, 0.15) is 6.54 Å². The Hall–Kier alpha value is -1.88. The van der Waals surface area contributed by atoms with Crippen molar-refractivity contribution in [2.45, 2.75) is 58.7 Å². The molecule has 1 aromatic carbocycles. The molecule has 0 spiro atoms. The fourth-order valence-corrected chi connectivity index (χ4v) is 3.71. The molecule has 0 radical (unpaired) electrons. The zero-order valence-electron chi connectivity index (χ0n) is 16.8. The summed E-state index contributed by atoms with van der Waals surface area (Å²) in [5, 5.41) is 5.91. The molecule has 1 aliphatic carbocycles. The molecule has 5 heteroatoms. The predicted octanol–water partition coefficient (Wildman–Crippen LogP) is 1.39. The van der Waals surface area contributed by atoms with Gasteiger partial charge in [0, 0.05) is 24.2 Å². The second-order valence-electron chi connectivity index (χ2n) is 7.90. The van der Waals surface area contributed by atoms with Crippen molar-refractivity contribution in [2.24, 2.45) is 11.8 Å². The van der Waals surface area contributed by atoms with E-state index in [9.17, 15) is 9.59 Å². The minimum absolute atomic E-state index is 0.0826. The Labute approximate surface area is 157 Å². The lowest BCUT2D eigenvalue weighted by Gasteiger charge is -2.35. The molecule has 1 fully saturated rings. The van der Waals surface area contributed by atoms with E-state index < -0.39 is 0 Å². The van der Waals surface area contributed by atoms with Crippen LogP contribution in [0.25, 0.3) is 0 Å². The molecule has 0 aromatic heterocycles. The standard InChI is InChI=1S/C21H33N3O2/c1-14-7-6-8-19(15(14)2)23-20(25)16(3)24(5)13-17-9-11-18(12-10-17)21(26)22-4/h9-12,14-16,19H,6-8,13H2,1-5H3,(H,22,26)(H,23,25)/p+1/t14-,15+,16+,19+/m0/s1. The van der Waals surface area contributed by atoms with Crippen molar-refractivity contribution in [3.8, 4) is 0 Å². The Kier molecular flexibility index (Phi) is 7.21. The molecule has 144 valence electrons. The molecular formula is C21H34N3O2+. The molecule has 3 N–H and O–H groups in total. The average Bonchev–Trinajstić information content (AvgIpc) is 2.64. The molecule has 5 atom stereocenters. The second-order valence-corrected chi connectivity index (χ2v) is 7.90. The van der Waals surface area contributed by atoms with Crippen LogP contribution in [-0.2, 0) is 11.3 Å². The molecule has 26 heavy (non-hydrogen) atoms. The van der Waals surface area contributed by atoms with Gasteiger partial charge in [-0.25, -0.2) is 0 Å². The molecule has 1 saturated carbocycles. The van der Waals surface area contributed by atoms with Gasteiger partial charge < -0.3 is 15.5 Å². The van der Waals surface area contributed by atoms with Crippen molar-refractivity contribution in [2.75, 3.05) is 14.1 Å². The van der Waals surface area contributed by atoms with Crippen LogP contribution in [0.4, 0.5) is 0 Å². The highest BCUT2D eigenvalue weighted by Gasteiger charge is 2.31. The van der Waals surface area contributed by atoms with E-state index in [4.69, 9.17) is 0 Å². The highest BCUT2D eigenvalue weighted by Crippen LogP contribution is 2.29. The number of hydrogen-bond acceptors (Lipinski definition) is 2. The van der Waals surface area contributed by atoms with E-state index in [1.54, 1.807) is 7.05 Å². The summed E-state index contributed by atoms with van der Waals surface area (Å²) in [4.78, 5) is 25.5. The van der Waals surface area contributed by atoms with Crippen molar-refractivity contribution < 1.29 is 14.5 Å². The maximum absolute atomic E-state index is 12.7. The first-order valence-electron chi connectivity index (χ1n) is 9.77. The summed E-state index contributed by atoms with van der Waals surface area (Å²) in [6, 6.07) is 7.77. The maximum atomic E-state index is 12.7. The summed E-state index contributed by atoms with van der Waals surface area (Å²) in [6.45, 7) is 7.27. The normalized spacial score (nSPS) is 25.2. The molecule has 5 nitrogen and oxygen atoms in total. The largest absolute Gasteiger partial charge is 0.355 e. The summed E-state index contributed by atoms with van der Waals surface area (Å²) in [5.41, 5.74) is 1.77. The number of likely N-dealkylation sites (N-methyl/N-ethyl adjacent to an activating group) is 1. The number of rotatable bonds is 6. The Bertz CT molecular complexity index is 614. The molecule has 0 saturated heterocycles. The molecular weight excluding hydrogens is 326 g/mol. The predicted molar refractivity (Wildman–Crippen MR) is 104 cm³/mol. The molecule has 0 heterocycles. The van der Waals surface area contributed by atoms with Gasteiger partial charge in [-0.2, -0.15) is 0 Å². The first-order chi connectivity index (χ1) is 12.3. The fraction of sp³-hybridized carbons (Fsp3) is 0.619. The third-order valence-corrected chi connectivity index (χ3v) is 6.09. The monoisotopic (exact) mass is 360 g/mol. The first-order valence-corrected chi connectivity index (χ1v) is 9.77. The Morgan fingerprint density at radius 2 is 1.85 bits per heavy atom. The van der Waals surface area contributed by atoms with Crippen LogP contribution in [-0.4, -0.2) is 38.0 Å². The number of carbonyl (C=O) groups excluding carboxylic acids is 2. The number of benzene rings is 1. The molecule has 2 amide bonds. The minimum atomic E-state index is -0.113. The number of amides is 2. The van der Waals surface area contributed by atoms with Gasteiger partial charge in [0.05, 0.1) is 7.05 Å². The molecule has 0 aliphatic heterocycles. The smallest absolute Gasteiger partial charge is 0.278 e. The first kappa shape index (κ1) is 20.4. The Morgan fingerprint density at radius 1 is 1.19 bits per heavy atom. The fourth-order valence-electron chi connectivity index (χ4n) is 3.71. The highest BCUT2D eigenvalue weighted by atomic mass is 16.2. The van der Waals surface area contributed by atoms with Gasteiger partial charge in [0.15, 0.2) is 6.04 Å². The lowest BCUT2D eigenvalue weighted by atomic mass is 9.78. The van der Waals surface area contributed by atoms with E-state index in [2.05, 4.69) is 24.5 Å². The van der Waals surface area contributed by atoms with Crippen molar-refractivity contribution in [1.29, 1.82) is 0 Å². The van der Waals surface area contributed by atoms with Crippen LogP contribution in [0, 0.1) is 11.8 Å². The van der Waals surface area contributed by atoms with E-state index in [0.29, 0.717) is 23.4 Å². The molecule has 0 bridgehead atoms. The van der Waals surface area contributed by atoms with Crippen molar-refractivity contribution >= 4 is 11.8 Å². The van der Waals surface area contributed by atoms with Gasteiger partial charge in [-0.05, 0) is 37.3 Å². The number of nitrogens with one attached hydrogen (secondary N) is 3. The van der Waals surface area contributed by atoms with Gasteiger partial charge >= 0.3 is 0 Å². The summed E-state index contributed by atoms with van der Waals surface area (Å²) < 4.78 is 0. The van der Waals surface area contributed by atoms with E-state index >= 15 is 0 Å². The zero-order valence-corrected chi connectivity index (χ0v) is 16.8. The summed E-state index contributed by atoms with van der Waals surface area (Å²) >= 11 is 0. The summed E-state index contributed by atoms with van der Waals surface area (Å²) in [7, 11) is 3.67. The van der Waals surface area contributed by atoms with E-state index in [0.717, 1.165) is 23.4 Å². The Morgan fingerprint density at radius 3 is 2.46 bits per heavy atom. The lowest BCUT2D eigenvalue weighted by molar-refractivity contribution is -0.908. The minimum Gasteiger partial charge on any atom is -0.355 e. The van der Waals surface area contributed by atoms with Crippen LogP contribution in [0.3, 0.4) is 0 Å². The molecule has 2 rings (SSSR count). The van der Waals surface area contributed by atoms with Crippen LogP contribution < -0.4 is 15.5 Å². The van der Waals surface area contributed by atoms with Crippen molar-refractivity contribution in [3.63, 3.8) is 0 Å². The summed E-state index contributed by atoms with van der Waals surface area (Å²) in [5.74, 6) is 1.27. The third kappa shape index (κ3) is 5.07. The zero-order chi connectivity index (χ0) is 19.3. The number of quaternary nitrogens is 1. The SMILES string of the molecule is CNC(=O)c1ccc(C[NH+](C)[C@H](C)C(=O)N[C@@H]2CCC[C@H](C)[C@H]2C)cc1. The van der Waals surface area contributed by atoms with E-state index in [1.807, 2.05) is 38.2 Å². The van der Waals surface area contributed by atoms with Gasteiger partial charge in [-0.15, -0.1) is 0 Å². The van der Waals surface area contributed by atoms with Crippen LogP contribution >= 0.6 is 0 Å². The second kappa shape index (κ2) is 9.17. The maximum Gasteiger partial charge on any atom is 0.278 e. The number of carbonyl (C=O) groups is 2. The average molecular weight is 361 g/mol. The topological polar surface area (TPSA) is 62.6 Å². The molecule has 1 aromatic rings. The van der Waals surface area contributed by atoms with Crippen LogP contribution in [0.1, 0.15) is 56.0 Å². The molecule has 1 unspecified atom stereocenters.